The van der Waals surface area contributed by atoms with Gasteiger partial charge in [0.1, 0.15) is 18.1 Å². The molecule has 1 saturated heterocycles. The second-order valence-electron chi connectivity index (χ2n) is 6.70. The molecule has 0 bridgehead atoms. The molecule has 2 aromatic carbocycles. The zero-order valence-corrected chi connectivity index (χ0v) is 16.5. The van der Waals surface area contributed by atoms with Crippen LogP contribution in [-0.2, 0) is 4.74 Å². The molecule has 7 heteroatoms. The van der Waals surface area contributed by atoms with Crippen LogP contribution in [0.2, 0.25) is 0 Å². The lowest BCUT2D eigenvalue weighted by Gasteiger charge is -2.11. The van der Waals surface area contributed by atoms with Gasteiger partial charge in [0, 0.05) is 24.3 Å². The maximum Gasteiger partial charge on any atom is 0.251 e. The van der Waals surface area contributed by atoms with Crippen molar-refractivity contribution >= 4 is 11.8 Å². The number of carbonyl (C=O) groups is 2. The molecule has 0 radical (unpaired) electrons. The number of amides is 2. The molecule has 7 nitrogen and oxygen atoms in total. The molecule has 1 aliphatic rings. The number of ether oxygens (including phenoxy) is 3. The summed E-state index contributed by atoms with van der Waals surface area (Å²) in [6.07, 6.45) is 2.11. The predicted molar refractivity (Wildman–Crippen MR) is 109 cm³/mol. The first-order valence-corrected chi connectivity index (χ1v) is 9.70. The zero-order chi connectivity index (χ0) is 20.5. The van der Waals surface area contributed by atoms with Crippen molar-refractivity contribution in [2.75, 3.05) is 33.4 Å². The Morgan fingerprint density at radius 2 is 1.59 bits per heavy atom. The molecule has 3 rings (SSSR count). The Morgan fingerprint density at radius 3 is 2.17 bits per heavy atom. The topological polar surface area (TPSA) is 85.9 Å². The van der Waals surface area contributed by atoms with Crippen LogP contribution in [0.25, 0.3) is 0 Å². The molecule has 2 N–H and O–H groups in total. The predicted octanol–water partition coefficient (Wildman–Crippen LogP) is 2.41. The number of carbonyl (C=O) groups excluding carboxylic acids is 2. The van der Waals surface area contributed by atoms with Crippen LogP contribution in [-0.4, -0.2) is 51.3 Å². The normalized spacial score (nSPS) is 15.6. The molecule has 1 aliphatic heterocycles. The van der Waals surface area contributed by atoms with Crippen LogP contribution in [0.15, 0.2) is 48.5 Å². The van der Waals surface area contributed by atoms with Gasteiger partial charge in [-0.05, 0) is 61.4 Å². The largest absolute Gasteiger partial charge is 0.497 e. The van der Waals surface area contributed by atoms with Crippen LogP contribution in [0.1, 0.15) is 33.6 Å². The summed E-state index contributed by atoms with van der Waals surface area (Å²) in [5.41, 5.74) is 1.01. The molecule has 0 spiro atoms. The molecule has 1 atom stereocenters. The first-order valence-electron chi connectivity index (χ1n) is 9.70. The van der Waals surface area contributed by atoms with Gasteiger partial charge in [-0.15, -0.1) is 0 Å². The van der Waals surface area contributed by atoms with E-state index in [1.165, 1.54) is 0 Å². The fraction of sp³-hybridized carbons (Fsp3) is 0.364. The first kappa shape index (κ1) is 20.7. The van der Waals surface area contributed by atoms with E-state index in [4.69, 9.17) is 14.2 Å². The summed E-state index contributed by atoms with van der Waals surface area (Å²) in [7, 11) is 1.61. The Labute approximate surface area is 170 Å². The highest BCUT2D eigenvalue weighted by Gasteiger charge is 2.16. The van der Waals surface area contributed by atoms with E-state index < -0.39 is 0 Å². The summed E-state index contributed by atoms with van der Waals surface area (Å²) in [5.74, 6) is 1.09. The van der Waals surface area contributed by atoms with E-state index in [-0.39, 0.29) is 17.9 Å². The van der Waals surface area contributed by atoms with E-state index in [0.29, 0.717) is 36.6 Å². The summed E-state index contributed by atoms with van der Waals surface area (Å²) in [5, 5.41) is 5.66. The number of benzene rings is 2. The molecule has 0 saturated carbocycles. The Bertz CT molecular complexity index is 799. The smallest absolute Gasteiger partial charge is 0.251 e. The molecule has 29 heavy (non-hydrogen) atoms. The first-order chi connectivity index (χ1) is 14.2. The van der Waals surface area contributed by atoms with E-state index in [0.717, 1.165) is 25.2 Å². The summed E-state index contributed by atoms with van der Waals surface area (Å²) in [6.45, 7) is 1.99. The molecule has 1 unspecified atom stereocenters. The van der Waals surface area contributed by atoms with Crippen molar-refractivity contribution in [2.45, 2.75) is 18.9 Å². The second kappa shape index (κ2) is 10.5. The molecule has 0 aliphatic carbocycles. The molecular weight excluding hydrogens is 372 g/mol. The van der Waals surface area contributed by atoms with Crippen molar-refractivity contribution in [1.82, 2.24) is 10.6 Å². The number of nitrogens with one attached hydrogen (secondary N) is 2. The minimum Gasteiger partial charge on any atom is -0.497 e. The summed E-state index contributed by atoms with van der Waals surface area (Å²) in [6, 6.07) is 13.8. The van der Waals surface area contributed by atoms with E-state index in [1.54, 1.807) is 31.4 Å². The fourth-order valence-corrected chi connectivity index (χ4v) is 2.99. The Kier molecular flexibility index (Phi) is 7.47. The number of hydrogen-bond acceptors (Lipinski definition) is 5. The lowest BCUT2D eigenvalue weighted by Crippen LogP contribution is -2.32. The van der Waals surface area contributed by atoms with Crippen LogP contribution in [0.4, 0.5) is 0 Å². The Morgan fingerprint density at radius 1 is 0.966 bits per heavy atom. The third-order valence-electron chi connectivity index (χ3n) is 4.64. The van der Waals surface area contributed by atoms with Gasteiger partial charge < -0.3 is 24.8 Å². The van der Waals surface area contributed by atoms with Gasteiger partial charge >= 0.3 is 0 Å². The summed E-state index contributed by atoms with van der Waals surface area (Å²) >= 11 is 0. The lowest BCUT2D eigenvalue weighted by molar-refractivity contribution is 0.0857. The van der Waals surface area contributed by atoms with Gasteiger partial charge in [-0.2, -0.15) is 0 Å². The molecule has 0 aromatic heterocycles. The lowest BCUT2D eigenvalue weighted by atomic mass is 10.1. The Hall–Kier alpha value is -3.06. The SMILES string of the molecule is COc1ccc(OCCNC(=O)c2ccc(C(=O)NCC3CCCO3)cc2)cc1. The standard InChI is InChI=1S/C22H26N2O5/c1-27-18-8-10-19(11-9-18)29-14-12-23-21(25)16-4-6-17(7-5-16)22(26)24-15-20-3-2-13-28-20/h4-11,20H,2-3,12-15H2,1H3,(H,23,25)(H,24,26). The van der Waals surface area contributed by atoms with Gasteiger partial charge in [-0.25, -0.2) is 0 Å². The number of methoxy groups -OCH3 is 1. The van der Waals surface area contributed by atoms with Gasteiger partial charge in [0.15, 0.2) is 0 Å². The van der Waals surface area contributed by atoms with Gasteiger partial charge in [0.05, 0.1) is 19.8 Å². The molecule has 154 valence electrons. The average molecular weight is 398 g/mol. The maximum atomic E-state index is 12.2. The van der Waals surface area contributed by atoms with E-state index >= 15 is 0 Å². The quantitative estimate of drug-likeness (QED) is 0.634. The monoisotopic (exact) mass is 398 g/mol. The van der Waals surface area contributed by atoms with Gasteiger partial charge in [-0.3, -0.25) is 9.59 Å². The molecule has 2 amide bonds. The molecule has 1 heterocycles. The van der Waals surface area contributed by atoms with Gasteiger partial charge in [0.25, 0.3) is 11.8 Å². The molecule has 2 aromatic rings. The minimum atomic E-state index is -0.213. The number of rotatable bonds is 9. The third-order valence-corrected chi connectivity index (χ3v) is 4.64. The highest BCUT2D eigenvalue weighted by molar-refractivity contribution is 5.97. The summed E-state index contributed by atoms with van der Waals surface area (Å²) < 4.78 is 16.2. The fourth-order valence-electron chi connectivity index (χ4n) is 2.99. The minimum absolute atomic E-state index is 0.101. The third kappa shape index (κ3) is 6.22. The summed E-state index contributed by atoms with van der Waals surface area (Å²) in [4.78, 5) is 24.4. The number of hydrogen-bond donors (Lipinski definition) is 2. The zero-order valence-electron chi connectivity index (χ0n) is 16.5. The highest BCUT2D eigenvalue weighted by Crippen LogP contribution is 2.16. The van der Waals surface area contributed by atoms with Gasteiger partial charge in [0.2, 0.25) is 0 Å². The van der Waals surface area contributed by atoms with E-state index in [2.05, 4.69) is 10.6 Å². The average Bonchev–Trinajstić information content (AvgIpc) is 3.29. The van der Waals surface area contributed by atoms with Crippen molar-refractivity contribution < 1.29 is 23.8 Å². The molecule has 1 fully saturated rings. The van der Waals surface area contributed by atoms with Crippen LogP contribution in [0.5, 0.6) is 11.5 Å². The van der Waals surface area contributed by atoms with Crippen molar-refractivity contribution in [3.05, 3.63) is 59.7 Å². The highest BCUT2D eigenvalue weighted by atomic mass is 16.5. The maximum absolute atomic E-state index is 12.2. The van der Waals surface area contributed by atoms with Crippen molar-refractivity contribution in [3.63, 3.8) is 0 Å². The van der Waals surface area contributed by atoms with Crippen LogP contribution < -0.4 is 20.1 Å². The van der Waals surface area contributed by atoms with E-state index in [9.17, 15) is 9.59 Å². The van der Waals surface area contributed by atoms with Crippen LogP contribution in [0.3, 0.4) is 0 Å². The van der Waals surface area contributed by atoms with Crippen molar-refractivity contribution in [2.24, 2.45) is 0 Å². The second-order valence-corrected chi connectivity index (χ2v) is 6.70. The van der Waals surface area contributed by atoms with Gasteiger partial charge in [-0.1, -0.05) is 0 Å². The van der Waals surface area contributed by atoms with Crippen molar-refractivity contribution in [1.29, 1.82) is 0 Å². The molecular formula is C22H26N2O5. The van der Waals surface area contributed by atoms with E-state index in [1.807, 2.05) is 24.3 Å². The van der Waals surface area contributed by atoms with Crippen LogP contribution >= 0.6 is 0 Å². The van der Waals surface area contributed by atoms with Crippen LogP contribution in [0, 0.1) is 0 Å². The van der Waals surface area contributed by atoms with Crippen molar-refractivity contribution in [3.8, 4) is 11.5 Å². The Balaban J connectivity index is 1.39.